The average molecular weight is 490 g/mol. The molecule has 8 heteroatoms. The molecule has 0 radical (unpaired) electrons. The van der Waals surface area contributed by atoms with Crippen molar-refractivity contribution in [2.45, 2.75) is 64.5 Å². The molecule has 2 aromatic rings. The molecule has 36 heavy (non-hydrogen) atoms. The van der Waals surface area contributed by atoms with Crippen LogP contribution in [-0.4, -0.2) is 63.5 Å². The molecule has 0 saturated carbocycles. The summed E-state index contributed by atoms with van der Waals surface area (Å²) < 4.78 is 1.97. The van der Waals surface area contributed by atoms with Crippen LogP contribution in [0.3, 0.4) is 0 Å². The molecule has 3 amide bonds. The molecule has 1 aromatic carbocycles. The molecule has 1 N–H and O–H groups in total. The van der Waals surface area contributed by atoms with E-state index in [0.717, 1.165) is 36.9 Å². The molecule has 1 aliphatic carbocycles. The van der Waals surface area contributed by atoms with Gasteiger partial charge in [-0.3, -0.25) is 19.1 Å². The van der Waals surface area contributed by atoms with E-state index in [4.69, 9.17) is 5.10 Å². The summed E-state index contributed by atoms with van der Waals surface area (Å²) in [6.07, 6.45) is 8.93. The van der Waals surface area contributed by atoms with Gasteiger partial charge < -0.3 is 15.1 Å². The molecular weight excluding hydrogens is 454 g/mol. The summed E-state index contributed by atoms with van der Waals surface area (Å²) in [6.45, 7) is 3.03. The molecule has 3 heterocycles. The third kappa shape index (κ3) is 5.53. The number of benzene rings is 1. The van der Waals surface area contributed by atoms with Crippen molar-refractivity contribution in [2.24, 2.45) is 0 Å². The molecule has 0 spiro atoms. The van der Waals surface area contributed by atoms with Crippen LogP contribution < -0.4 is 5.32 Å². The van der Waals surface area contributed by atoms with Crippen molar-refractivity contribution in [2.75, 3.05) is 26.2 Å². The van der Waals surface area contributed by atoms with E-state index in [0.29, 0.717) is 64.2 Å². The van der Waals surface area contributed by atoms with E-state index in [1.807, 2.05) is 27.8 Å². The zero-order valence-electron chi connectivity index (χ0n) is 20.9. The lowest BCUT2D eigenvalue weighted by Crippen LogP contribution is -2.38. The van der Waals surface area contributed by atoms with Crippen molar-refractivity contribution in [1.82, 2.24) is 24.9 Å². The molecule has 3 aliphatic rings. The summed E-state index contributed by atoms with van der Waals surface area (Å²) in [5.74, 6) is -0.0474. The topological polar surface area (TPSA) is 87.5 Å². The normalized spacial score (nSPS) is 18.2. The Morgan fingerprint density at radius 3 is 2.61 bits per heavy atom. The first-order valence-corrected chi connectivity index (χ1v) is 13.2. The van der Waals surface area contributed by atoms with Crippen LogP contribution in [0.4, 0.5) is 0 Å². The van der Waals surface area contributed by atoms with Gasteiger partial charge in [0.05, 0.1) is 0 Å². The maximum atomic E-state index is 13.6. The number of fused-ring (bicyclic) bond motifs is 1. The lowest BCUT2D eigenvalue weighted by molar-refractivity contribution is -0.131. The highest BCUT2D eigenvalue weighted by Gasteiger charge is 2.32. The Kier molecular flexibility index (Phi) is 7.49. The number of carbonyl (C=O) groups is 3. The van der Waals surface area contributed by atoms with Crippen LogP contribution in [0.2, 0.25) is 0 Å². The fraction of sp³-hybridized carbons (Fsp3) is 0.500. The van der Waals surface area contributed by atoms with E-state index >= 15 is 0 Å². The minimum absolute atomic E-state index is 0.0329. The SMILES string of the molecule is O=C1CCN(C(=O)c2nn(CCc3ccccc3)c3c2CN(C(=O)CC2=CCCCC2)CC3)CCN1. The van der Waals surface area contributed by atoms with Crippen molar-refractivity contribution in [3.05, 3.63) is 64.5 Å². The number of rotatable bonds is 6. The van der Waals surface area contributed by atoms with Crippen molar-refractivity contribution in [3.63, 3.8) is 0 Å². The lowest BCUT2D eigenvalue weighted by atomic mass is 9.96. The van der Waals surface area contributed by atoms with Gasteiger partial charge in [0.25, 0.3) is 5.91 Å². The summed E-state index contributed by atoms with van der Waals surface area (Å²) in [7, 11) is 0. The highest BCUT2D eigenvalue weighted by atomic mass is 16.2. The standard InChI is InChI=1S/C28H35N5O3/c34-25-13-16-31(18-14-29-25)28(36)27-23-20-32(26(35)19-22-9-5-2-6-10-22)15-12-24(23)33(30-27)17-11-21-7-3-1-4-8-21/h1,3-4,7-9H,2,5-6,10-20H2,(H,29,34). The zero-order chi connectivity index (χ0) is 24.9. The summed E-state index contributed by atoms with van der Waals surface area (Å²) in [5, 5.41) is 7.64. The quantitative estimate of drug-likeness (QED) is 0.632. The van der Waals surface area contributed by atoms with Crippen LogP contribution in [-0.2, 0) is 35.5 Å². The van der Waals surface area contributed by atoms with Crippen molar-refractivity contribution >= 4 is 17.7 Å². The van der Waals surface area contributed by atoms with Crippen LogP contribution >= 0.6 is 0 Å². The highest BCUT2D eigenvalue weighted by Crippen LogP contribution is 2.27. The molecular formula is C28H35N5O3. The minimum Gasteiger partial charge on any atom is -0.354 e. The van der Waals surface area contributed by atoms with Gasteiger partial charge in [-0.25, -0.2) is 0 Å². The van der Waals surface area contributed by atoms with Gasteiger partial charge >= 0.3 is 0 Å². The number of hydrogen-bond acceptors (Lipinski definition) is 4. The summed E-state index contributed by atoms with van der Waals surface area (Å²) in [5.41, 5.74) is 4.82. The summed E-state index contributed by atoms with van der Waals surface area (Å²) >= 11 is 0. The maximum Gasteiger partial charge on any atom is 0.274 e. The highest BCUT2D eigenvalue weighted by molar-refractivity contribution is 5.95. The fourth-order valence-electron chi connectivity index (χ4n) is 5.43. The first-order valence-electron chi connectivity index (χ1n) is 13.2. The molecule has 0 unspecified atom stereocenters. The number of carbonyl (C=O) groups excluding carboxylic acids is 3. The van der Waals surface area contributed by atoms with E-state index in [2.05, 4.69) is 23.5 Å². The van der Waals surface area contributed by atoms with E-state index in [1.54, 1.807) is 4.90 Å². The van der Waals surface area contributed by atoms with Gasteiger partial charge in [0.2, 0.25) is 11.8 Å². The Bertz CT molecular complexity index is 1150. The number of aryl methyl sites for hydroxylation is 2. The van der Waals surface area contributed by atoms with Crippen molar-refractivity contribution in [3.8, 4) is 0 Å². The Balaban J connectivity index is 1.38. The Labute approximate surface area is 212 Å². The maximum absolute atomic E-state index is 13.6. The van der Waals surface area contributed by atoms with Gasteiger partial charge in [0.15, 0.2) is 5.69 Å². The summed E-state index contributed by atoms with van der Waals surface area (Å²) in [6, 6.07) is 10.3. The zero-order valence-corrected chi connectivity index (χ0v) is 20.9. The molecule has 0 atom stereocenters. The lowest BCUT2D eigenvalue weighted by Gasteiger charge is -2.29. The molecule has 1 saturated heterocycles. The Morgan fingerprint density at radius 1 is 0.972 bits per heavy atom. The first kappa shape index (κ1) is 24.3. The Morgan fingerprint density at radius 2 is 1.81 bits per heavy atom. The van der Waals surface area contributed by atoms with Gasteiger partial charge in [-0.2, -0.15) is 5.10 Å². The summed E-state index contributed by atoms with van der Waals surface area (Å²) in [4.78, 5) is 42.2. The van der Waals surface area contributed by atoms with Crippen molar-refractivity contribution in [1.29, 1.82) is 0 Å². The number of nitrogens with zero attached hydrogens (tertiary/aromatic N) is 4. The van der Waals surface area contributed by atoms with Crippen LogP contribution in [0.15, 0.2) is 42.0 Å². The largest absolute Gasteiger partial charge is 0.354 e. The minimum atomic E-state index is -0.148. The van der Waals surface area contributed by atoms with Gasteiger partial charge in [0.1, 0.15) is 0 Å². The monoisotopic (exact) mass is 489 g/mol. The van der Waals surface area contributed by atoms with E-state index in [9.17, 15) is 14.4 Å². The second kappa shape index (κ2) is 11.1. The first-order chi connectivity index (χ1) is 17.6. The van der Waals surface area contributed by atoms with Gasteiger partial charge in [0, 0.05) is 69.8 Å². The van der Waals surface area contributed by atoms with Crippen LogP contribution in [0.5, 0.6) is 0 Å². The van der Waals surface area contributed by atoms with Gasteiger partial charge in [-0.1, -0.05) is 42.0 Å². The van der Waals surface area contributed by atoms with Crippen LogP contribution in [0, 0.1) is 0 Å². The number of allylic oxidation sites excluding steroid dienone is 1. The van der Waals surface area contributed by atoms with Crippen molar-refractivity contribution < 1.29 is 14.4 Å². The van der Waals surface area contributed by atoms with E-state index in [-0.39, 0.29) is 17.7 Å². The molecule has 2 aliphatic heterocycles. The molecule has 5 rings (SSSR count). The van der Waals surface area contributed by atoms with Gasteiger partial charge in [-0.05, 0) is 37.7 Å². The second-order valence-corrected chi connectivity index (χ2v) is 9.97. The number of aromatic nitrogens is 2. The number of amides is 3. The van der Waals surface area contributed by atoms with E-state index < -0.39 is 0 Å². The predicted molar refractivity (Wildman–Crippen MR) is 136 cm³/mol. The molecule has 8 nitrogen and oxygen atoms in total. The second-order valence-electron chi connectivity index (χ2n) is 9.97. The smallest absolute Gasteiger partial charge is 0.274 e. The molecule has 1 aromatic heterocycles. The van der Waals surface area contributed by atoms with Crippen LogP contribution in [0.1, 0.15) is 65.8 Å². The van der Waals surface area contributed by atoms with Crippen LogP contribution in [0.25, 0.3) is 0 Å². The average Bonchev–Trinajstić information content (AvgIpc) is 3.13. The van der Waals surface area contributed by atoms with Gasteiger partial charge in [-0.15, -0.1) is 0 Å². The van der Waals surface area contributed by atoms with E-state index in [1.165, 1.54) is 17.6 Å². The fourth-order valence-corrected chi connectivity index (χ4v) is 5.43. The predicted octanol–water partition coefficient (Wildman–Crippen LogP) is 2.86. The molecule has 0 bridgehead atoms. The molecule has 1 fully saturated rings. The third-order valence-corrected chi connectivity index (χ3v) is 7.51. The number of hydrogen-bond donors (Lipinski definition) is 1. The Hall–Kier alpha value is -3.42. The molecule has 190 valence electrons. The third-order valence-electron chi connectivity index (χ3n) is 7.51. The number of nitrogens with one attached hydrogen (secondary N) is 1.